The standard InChI is InChI=1S/C24H38O3/c1-2-3-4-5-6-7-8-9-10-11-12-13-14-15-16-21-27-24(26)22-17-19-23(25)20-18-22/h4-5,17-20,25H,2-3,6-16,21H2,1H3/b5-4+. The summed E-state index contributed by atoms with van der Waals surface area (Å²) in [7, 11) is 0. The summed E-state index contributed by atoms with van der Waals surface area (Å²) >= 11 is 0. The third-order valence-electron chi connectivity index (χ3n) is 4.72. The van der Waals surface area contributed by atoms with E-state index in [1.54, 1.807) is 12.1 Å². The highest BCUT2D eigenvalue weighted by Gasteiger charge is 2.06. The van der Waals surface area contributed by atoms with E-state index in [0.29, 0.717) is 12.2 Å². The number of hydrogen-bond donors (Lipinski definition) is 1. The van der Waals surface area contributed by atoms with E-state index in [0.717, 1.165) is 12.8 Å². The van der Waals surface area contributed by atoms with Gasteiger partial charge in [-0.15, -0.1) is 0 Å². The van der Waals surface area contributed by atoms with Crippen LogP contribution in [0, 0.1) is 0 Å². The second-order valence-corrected chi connectivity index (χ2v) is 7.27. The first-order valence-corrected chi connectivity index (χ1v) is 10.8. The van der Waals surface area contributed by atoms with Gasteiger partial charge in [0, 0.05) is 0 Å². The van der Waals surface area contributed by atoms with Crippen LogP contribution in [0.2, 0.25) is 0 Å². The fourth-order valence-corrected chi connectivity index (χ4v) is 3.03. The van der Waals surface area contributed by atoms with Gasteiger partial charge < -0.3 is 9.84 Å². The number of carbonyl (C=O) groups excluding carboxylic acids is 1. The van der Waals surface area contributed by atoms with E-state index >= 15 is 0 Å². The molecule has 0 unspecified atom stereocenters. The van der Waals surface area contributed by atoms with Crippen molar-refractivity contribution in [2.45, 2.75) is 90.4 Å². The van der Waals surface area contributed by atoms with E-state index in [-0.39, 0.29) is 11.7 Å². The van der Waals surface area contributed by atoms with Crippen molar-refractivity contribution in [1.29, 1.82) is 0 Å². The minimum Gasteiger partial charge on any atom is -0.508 e. The van der Waals surface area contributed by atoms with E-state index in [4.69, 9.17) is 4.74 Å². The predicted octanol–water partition coefficient (Wildman–Crippen LogP) is 7.20. The first-order valence-electron chi connectivity index (χ1n) is 10.8. The number of aromatic hydroxyl groups is 1. The van der Waals surface area contributed by atoms with Crippen LogP contribution in [0.15, 0.2) is 36.4 Å². The molecule has 1 aromatic carbocycles. The van der Waals surface area contributed by atoms with Gasteiger partial charge in [-0.2, -0.15) is 0 Å². The molecule has 0 fully saturated rings. The topological polar surface area (TPSA) is 46.5 Å². The van der Waals surface area contributed by atoms with Crippen molar-refractivity contribution in [2.75, 3.05) is 6.61 Å². The minimum absolute atomic E-state index is 0.158. The molecule has 0 saturated carbocycles. The van der Waals surface area contributed by atoms with Gasteiger partial charge in [0.25, 0.3) is 0 Å². The van der Waals surface area contributed by atoms with Crippen molar-refractivity contribution >= 4 is 5.97 Å². The lowest BCUT2D eigenvalue weighted by atomic mass is 10.1. The Bertz CT molecular complexity index is 505. The van der Waals surface area contributed by atoms with Crippen LogP contribution in [0.1, 0.15) is 101 Å². The highest BCUT2D eigenvalue weighted by Crippen LogP contribution is 2.13. The predicted molar refractivity (Wildman–Crippen MR) is 113 cm³/mol. The summed E-state index contributed by atoms with van der Waals surface area (Å²) in [4.78, 5) is 11.8. The third-order valence-corrected chi connectivity index (χ3v) is 4.72. The average Bonchev–Trinajstić information content (AvgIpc) is 2.68. The Balaban J connectivity index is 1.82. The molecule has 0 atom stereocenters. The number of rotatable bonds is 16. The van der Waals surface area contributed by atoms with E-state index in [1.807, 2.05) is 0 Å². The quantitative estimate of drug-likeness (QED) is 0.189. The Morgan fingerprint density at radius 1 is 0.815 bits per heavy atom. The molecule has 0 radical (unpaired) electrons. The van der Waals surface area contributed by atoms with Crippen molar-refractivity contribution in [3.8, 4) is 5.75 Å². The monoisotopic (exact) mass is 374 g/mol. The molecule has 0 spiro atoms. The summed E-state index contributed by atoms with van der Waals surface area (Å²) in [5.41, 5.74) is 0.491. The van der Waals surface area contributed by atoms with Gasteiger partial charge in [0.05, 0.1) is 12.2 Å². The SMILES string of the molecule is CCC/C=C/CCCCCCCCCCCCOC(=O)c1ccc(O)cc1. The molecule has 0 aliphatic heterocycles. The van der Waals surface area contributed by atoms with Crippen LogP contribution in [-0.2, 0) is 4.74 Å². The zero-order chi connectivity index (χ0) is 19.6. The highest BCUT2D eigenvalue weighted by molar-refractivity contribution is 5.89. The van der Waals surface area contributed by atoms with Crippen molar-refractivity contribution in [1.82, 2.24) is 0 Å². The van der Waals surface area contributed by atoms with Crippen LogP contribution in [-0.4, -0.2) is 17.7 Å². The molecule has 1 aromatic rings. The normalized spacial score (nSPS) is 11.1. The smallest absolute Gasteiger partial charge is 0.338 e. The highest BCUT2D eigenvalue weighted by atomic mass is 16.5. The number of carbonyl (C=O) groups is 1. The lowest BCUT2D eigenvalue weighted by molar-refractivity contribution is 0.0497. The lowest BCUT2D eigenvalue weighted by Crippen LogP contribution is -2.06. The number of esters is 1. The van der Waals surface area contributed by atoms with E-state index in [1.165, 1.54) is 82.8 Å². The number of unbranched alkanes of at least 4 members (excludes halogenated alkanes) is 11. The van der Waals surface area contributed by atoms with E-state index in [9.17, 15) is 9.90 Å². The van der Waals surface area contributed by atoms with Crippen molar-refractivity contribution in [2.24, 2.45) is 0 Å². The van der Waals surface area contributed by atoms with Crippen LogP contribution >= 0.6 is 0 Å². The summed E-state index contributed by atoms with van der Waals surface area (Å²) in [5.74, 6) is -0.151. The number of phenolic OH excluding ortho intramolecular Hbond substituents is 1. The first kappa shape index (κ1) is 23.3. The molecule has 1 rings (SSSR count). The maximum absolute atomic E-state index is 11.8. The fraction of sp³-hybridized carbons (Fsp3) is 0.625. The largest absolute Gasteiger partial charge is 0.508 e. The summed E-state index contributed by atoms with van der Waals surface area (Å²) in [6.07, 6.45) is 21.0. The molecule has 1 N–H and O–H groups in total. The van der Waals surface area contributed by atoms with Gasteiger partial charge in [0.1, 0.15) is 5.75 Å². The van der Waals surface area contributed by atoms with Gasteiger partial charge in [-0.25, -0.2) is 4.79 Å². The molecule has 0 saturated heterocycles. The number of phenols is 1. The Morgan fingerprint density at radius 3 is 1.93 bits per heavy atom. The molecule has 3 nitrogen and oxygen atoms in total. The van der Waals surface area contributed by atoms with Crippen LogP contribution in [0.3, 0.4) is 0 Å². The second-order valence-electron chi connectivity index (χ2n) is 7.27. The fourth-order valence-electron chi connectivity index (χ4n) is 3.03. The van der Waals surface area contributed by atoms with Gasteiger partial charge >= 0.3 is 5.97 Å². The number of ether oxygens (including phenoxy) is 1. The molecule has 0 aliphatic rings. The van der Waals surface area contributed by atoms with Crippen LogP contribution in [0.4, 0.5) is 0 Å². The summed E-state index contributed by atoms with van der Waals surface area (Å²) in [5, 5.41) is 9.21. The summed E-state index contributed by atoms with van der Waals surface area (Å²) in [6, 6.07) is 6.17. The third kappa shape index (κ3) is 13.1. The number of benzene rings is 1. The van der Waals surface area contributed by atoms with Gasteiger partial charge in [-0.3, -0.25) is 0 Å². The second kappa shape index (κ2) is 16.4. The molecular weight excluding hydrogens is 336 g/mol. The Labute approximate surface area is 165 Å². The average molecular weight is 375 g/mol. The van der Waals surface area contributed by atoms with Crippen LogP contribution in [0.25, 0.3) is 0 Å². The molecule has 0 heterocycles. The molecule has 27 heavy (non-hydrogen) atoms. The molecule has 0 aliphatic carbocycles. The van der Waals surface area contributed by atoms with Crippen LogP contribution in [0.5, 0.6) is 5.75 Å². The van der Waals surface area contributed by atoms with E-state index < -0.39 is 0 Å². The summed E-state index contributed by atoms with van der Waals surface area (Å²) < 4.78 is 5.26. The summed E-state index contributed by atoms with van der Waals surface area (Å²) in [6.45, 7) is 2.70. The zero-order valence-corrected chi connectivity index (χ0v) is 17.1. The van der Waals surface area contributed by atoms with Crippen LogP contribution < -0.4 is 0 Å². The Hall–Kier alpha value is -1.77. The van der Waals surface area contributed by atoms with Gasteiger partial charge in [0.2, 0.25) is 0 Å². The van der Waals surface area contributed by atoms with Gasteiger partial charge in [0.15, 0.2) is 0 Å². The molecule has 3 heteroatoms. The van der Waals surface area contributed by atoms with E-state index in [2.05, 4.69) is 19.1 Å². The Morgan fingerprint density at radius 2 is 1.33 bits per heavy atom. The maximum Gasteiger partial charge on any atom is 0.338 e. The maximum atomic E-state index is 11.8. The number of allylic oxidation sites excluding steroid dienone is 2. The van der Waals surface area contributed by atoms with Gasteiger partial charge in [-0.05, 0) is 49.9 Å². The lowest BCUT2D eigenvalue weighted by Gasteiger charge is -2.05. The minimum atomic E-state index is -0.309. The zero-order valence-electron chi connectivity index (χ0n) is 17.1. The van der Waals surface area contributed by atoms with Crippen molar-refractivity contribution < 1.29 is 14.6 Å². The Kier molecular flexibility index (Phi) is 14.1. The van der Waals surface area contributed by atoms with Crippen molar-refractivity contribution in [3.05, 3.63) is 42.0 Å². The van der Waals surface area contributed by atoms with Crippen molar-refractivity contribution in [3.63, 3.8) is 0 Å². The first-order chi connectivity index (χ1) is 13.2. The number of hydrogen-bond acceptors (Lipinski definition) is 3. The molecule has 0 aromatic heterocycles. The van der Waals surface area contributed by atoms with Gasteiger partial charge in [-0.1, -0.05) is 76.9 Å². The molecule has 0 amide bonds. The molecule has 152 valence electrons. The molecule has 0 bridgehead atoms. The molecular formula is C24H38O3.